The molecule has 1 saturated carbocycles. The first-order valence-electron chi connectivity index (χ1n) is 8.17. The molecule has 0 radical (unpaired) electrons. The predicted octanol–water partition coefficient (Wildman–Crippen LogP) is 4.34. The second kappa shape index (κ2) is 7.10. The van der Waals surface area contributed by atoms with E-state index >= 15 is 0 Å². The molecule has 0 amide bonds. The van der Waals surface area contributed by atoms with Crippen molar-refractivity contribution in [2.75, 3.05) is 24.5 Å². The lowest BCUT2D eigenvalue weighted by molar-refractivity contribution is 0.277. The van der Waals surface area contributed by atoms with Gasteiger partial charge in [0.25, 0.3) is 0 Å². The van der Waals surface area contributed by atoms with Crippen LogP contribution in [0.2, 0.25) is 0 Å². The molecule has 4 heteroatoms. The van der Waals surface area contributed by atoms with E-state index in [1.165, 1.54) is 32.1 Å². The molecule has 2 fully saturated rings. The van der Waals surface area contributed by atoms with Crippen LogP contribution in [0.25, 0.3) is 0 Å². The zero-order valence-electron chi connectivity index (χ0n) is 12.5. The Bertz CT molecular complexity index is 474. The minimum Gasteiger partial charge on any atom is -0.370 e. The molecule has 1 aliphatic carbocycles. The maximum atomic E-state index is 13.8. The summed E-state index contributed by atoms with van der Waals surface area (Å²) in [6, 6.07) is 6.06. The lowest BCUT2D eigenvalue weighted by atomic mass is 9.83. The van der Waals surface area contributed by atoms with Crippen molar-refractivity contribution >= 4 is 21.6 Å². The van der Waals surface area contributed by atoms with Crippen molar-refractivity contribution in [2.45, 2.75) is 44.6 Å². The van der Waals surface area contributed by atoms with Crippen LogP contribution in [0.1, 0.15) is 38.5 Å². The summed E-state index contributed by atoms with van der Waals surface area (Å²) in [6.07, 6.45) is 7.96. The molecule has 3 rings (SSSR count). The van der Waals surface area contributed by atoms with Crippen LogP contribution in [-0.4, -0.2) is 25.7 Å². The van der Waals surface area contributed by atoms with E-state index in [1.807, 2.05) is 12.1 Å². The molecule has 116 valence electrons. The summed E-state index contributed by atoms with van der Waals surface area (Å²) in [5, 5.41) is 3.73. The largest absolute Gasteiger partial charge is 0.370 e. The zero-order chi connectivity index (χ0) is 14.7. The molecule has 1 unspecified atom stereocenters. The Morgan fingerprint density at radius 3 is 2.71 bits per heavy atom. The van der Waals surface area contributed by atoms with Gasteiger partial charge < -0.3 is 10.2 Å². The first-order chi connectivity index (χ1) is 10.2. The lowest BCUT2D eigenvalue weighted by Crippen LogP contribution is -2.43. The molecule has 1 aromatic carbocycles. The number of anilines is 1. The van der Waals surface area contributed by atoms with Gasteiger partial charge in [-0.05, 0) is 65.9 Å². The molecular weight excluding hydrogens is 331 g/mol. The molecule has 1 heterocycles. The Morgan fingerprint density at radius 2 is 1.95 bits per heavy atom. The maximum Gasteiger partial charge on any atom is 0.139 e. The highest BCUT2D eigenvalue weighted by molar-refractivity contribution is 9.10. The lowest BCUT2D eigenvalue weighted by Gasteiger charge is -2.33. The molecule has 2 aliphatic rings. The van der Waals surface area contributed by atoms with Crippen LogP contribution in [0.4, 0.5) is 10.1 Å². The van der Waals surface area contributed by atoms with E-state index in [-0.39, 0.29) is 5.82 Å². The van der Waals surface area contributed by atoms with Gasteiger partial charge >= 0.3 is 0 Å². The number of hydrogen-bond acceptors (Lipinski definition) is 2. The number of nitrogens with zero attached hydrogens (tertiary/aromatic N) is 1. The highest BCUT2D eigenvalue weighted by Crippen LogP contribution is 2.29. The van der Waals surface area contributed by atoms with Crippen LogP contribution in [0, 0.1) is 11.7 Å². The molecule has 0 spiro atoms. The summed E-state index contributed by atoms with van der Waals surface area (Å²) in [6.45, 7) is 3.10. The Morgan fingerprint density at radius 1 is 1.14 bits per heavy atom. The normalized spacial score (nSPS) is 24.9. The average Bonchev–Trinajstić information content (AvgIpc) is 2.77. The van der Waals surface area contributed by atoms with Crippen LogP contribution in [0.15, 0.2) is 22.7 Å². The molecule has 1 aliphatic heterocycles. The van der Waals surface area contributed by atoms with Gasteiger partial charge in [0.05, 0.1) is 4.47 Å². The van der Waals surface area contributed by atoms with Crippen LogP contribution >= 0.6 is 15.9 Å². The Kier molecular flexibility index (Phi) is 5.17. The smallest absolute Gasteiger partial charge is 0.139 e. The van der Waals surface area contributed by atoms with E-state index in [9.17, 15) is 4.39 Å². The van der Waals surface area contributed by atoms with Crippen LogP contribution in [0.3, 0.4) is 0 Å². The maximum absolute atomic E-state index is 13.8. The van der Waals surface area contributed by atoms with Gasteiger partial charge in [-0.15, -0.1) is 0 Å². The number of nitrogens with one attached hydrogen (secondary N) is 1. The van der Waals surface area contributed by atoms with Crippen molar-refractivity contribution in [3.63, 3.8) is 0 Å². The van der Waals surface area contributed by atoms with Gasteiger partial charge in [-0.3, -0.25) is 0 Å². The van der Waals surface area contributed by atoms with Crippen molar-refractivity contribution in [3.8, 4) is 0 Å². The average molecular weight is 355 g/mol. The van der Waals surface area contributed by atoms with Gasteiger partial charge in [0.15, 0.2) is 0 Å². The summed E-state index contributed by atoms with van der Waals surface area (Å²) in [4.78, 5) is 2.36. The number of rotatable bonds is 2. The van der Waals surface area contributed by atoms with E-state index in [2.05, 4.69) is 26.1 Å². The topological polar surface area (TPSA) is 15.3 Å². The number of benzene rings is 1. The van der Waals surface area contributed by atoms with Crippen molar-refractivity contribution in [3.05, 3.63) is 28.5 Å². The van der Waals surface area contributed by atoms with Crippen molar-refractivity contribution < 1.29 is 4.39 Å². The van der Waals surface area contributed by atoms with Gasteiger partial charge in [0.2, 0.25) is 0 Å². The Labute approximate surface area is 135 Å². The zero-order valence-corrected chi connectivity index (χ0v) is 14.0. The monoisotopic (exact) mass is 354 g/mol. The highest BCUT2D eigenvalue weighted by atomic mass is 79.9. The molecule has 2 nitrogen and oxygen atoms in total. The first-order valence-corrected chi connectivity index (χ1v) is 8.97. The van der Waals surface area contributed by atoms with Crippen molar-refractivity contribution in [2.24, 2.45) is 5.92 Å². The van der Waals surface area contributed by atoms with E-state index in [1.54, 1.807) is 6.07 Å². The summed E-state index contributed by atoms with van der Waals surface area (Å²) in [7, 11) is 0. The molecular formula is C17H24BrFN2. The third-order valence-electron chi connectivity index (χ3n) is 4.92. The molecule has 1 saturated heterocycles. The Hall–Kier alpha value is -0.610. The Balaban J connectivity index is 1.73. The second-order valence-electron chi connectivity index (χ2n) is 6.36. The molecule has 1 aromatic rings. The number of halogens is 2. The predicted molar refractivity (Wildman–Crippen MR) is 89.3 cm³/mol. The molecule has 21 heavy (non-hydrogen) atoms. The minimum atomic E-state index is -0.168. The number of hydrogen-bond donors (Lipinski definition) is 1. The van der Waals surface area contributed by atoms with Gasteiger partial charge in [-0.2, -0.15) is 0 Å². The van der Waals surface area contributed by atoms with Gasteiger partial charge in [-0.25, -0.2) is 4.39 Å². The fraction of sp³-hybridized carbons (Fsp3) is 0.647. The molecule has 1 atom stereocenters. The molecule has 0 bridgehead atoms. The standard InChI is InChI=1S/C17H24BrFN2/c18-15-8-7-14(11-16(15)19)21-10-4-9-20-17(12-21)13-5-2-1-3-6-13/h7-8,11,13,17,20H,1-6,9-10,12H2. The second-order valence-corrected chi connectivity index (χ2v) is 7.21. The minimum absolute atomic E-state index is 0.168. The van der Waals surface area contributed by atoms with E-state index in [0.29, 0.717) is 10.5 Å². The fourth-order valence-electron chi connectivity index (χ4n) is 3.72. The van der Waals surface area contributed by atoms with Crippen LogP contribution < -0.4 is 10.2 Å². The highest BCUT2D eigenvalue weighted by Gasteiger charge is 2.27. The fourth-order valence-corrected chi connectivity index (χ4v) is 3.97. The summed E-state index contributed by atoms with van der Waals surface area (Å²) >= 11 is 3.24. The van der Waals surface area contributed by atoms with Gasteiger partial charge in [0, 0.05) is 24.8 Å². The quantitative estimate of drug-likeness (QED) is 0.849. The SMILES string of the molecule is Fc1cc(N2CCCNC(C3CCCCC3)C2)ccc1Br. The molecule has 0 aromatic heterocycles. The summed E-state index contributed by atoms with van der Waals surface area (Å²) in [5.41, 5.74) is 1.01. The van der Waals surface area contributed by atoms with Gasteiger partial charge in [0.1, 0.15) is 5.82 Å². The van der Waals surface area contributed by atoms with E-state index in [0.717, 1.165) is 37.7 Å². The van der Waals surface area contributed by atoms with E-state index in [4.69, 9.17) is 0 Å². The third-order valence-corrected chi connectivity index (χ3v) is 5.56. The van der Waals surface area contributed by atoms with Crippen LogP contribution in [0.5, 0.6) is 0 Å². The third kappa shape index (κ3) is 3.78. The van der Waals surface area contributed by atoms with E-state index < -0.39 is 0 Å². The van der Waals surface area contributed by atoms with Crippen molar-refractivity contribution in [1.29, 1.82) is 0 Å². The summed E-state index contributed by atoms with van der Waals surface area (Å²) < 4.78 is 14.3. The summed E-state index contributed by atoms with van der Waals surface area (Å²) in [5.74, 6) is 0.624. The first kappa shape index (κ1) is 15.3. The van der Waals surface area contributed by atoms with Crippen LogP contribution in [-0.2, 0) is 0 Å². The van der Waals surface area contributed by atoms with Crippen molar-refractivity contribution in [1.82, 2.24) is 5.32 Å². The molecule has 1 N–H and O–H groups in total. The van der Waals surface area contributed by atoms with Gasteiger partial charge in [-0.1, -0.05) is 19.3 Å².